The van der Waals surface area contributed by atoms with Gasteiger partial charge in [0.2, 0.25) is 11.8 Å². The minimum absolute atomic E-state index is 0. The molecule has 0 saturated carbocycles. The van der Waals surface area contributed by atoms with E-state index in [2.05, 4.69) is 10.3 Å². The van der Waals surface area contributed by atoms with Gasteiger partial charge >= 0.3 is 6.18 Å². The van der Waals surface area contributed by atoms with Gasteiger partial charge in [-0.25, -0.2) is 4.98 Å². The summed E-state index contributed by atoms with van der Waals surface area (Å²) in [4.78, 5) is 15.4. The van der Waals surface area contributed by atoms with Crippen LogP contribution in [0.4, 0.5) is 13.2 Å². The molecule has 1 unspecified atom stereocenters. The summed E-state index contributed by atoms with van der Waals surface area (Å²) in [6.07, 6.45) is -2.07. The highest BCUT2D eigenvalue weighted by Crippen LogP contribution is 2.34. The van der Waals surface area contributed by atoms with Crippen molar-refractivity contribution < 1.29 is 22.7 Å². The fourth-order valence-electron chi connectivity index (χ4n) is 1.87. The van der Waals surface area contributed by atoms with Crippen molar-refractivity contribution >= 4 is 18.3 Å². The molecule has 0 saturated heterocycles. The van der Waals surface area contributed by atoms with Crippen LogP contribution < -0.4 is 15.8 Å². The number of nitrogens with one attached hydrogen (secondary N) is 1. The lowest BCUT2D eigenvalue weighted by molar-refractivity contribution is -0.139. The molecule has 3 N–H and O–H groups in total. The topological polar surface area (TPSA) is 77.2 Å². The van der Waals surface area contributed by atoms with Crippen LogP contribution in [0.2, 0.25) is 0 Å². The largest absolute Gasteiger partial charge is 0.475 e. The van der Waals surface area contributed by atoms with Crippen molar-refractivity contribution in [2.24, 2.45) is 5.73 Å². The number of rotatable bonds is 7. The van der Waals surface area contributed by atoms with Crippen molar-refractivity contribution in [1.29, 1.82) is 0 Å². The molecule has 132 valence electrons. The van der Waals surface area contributed by atoms with Crippen molar-refractivity contribution in [2.75, 3.05) is 13.2 Å². The smallest absolute Gasteiger partial charge is 0.421 e. The van der Waals surface area contributed by atoms with Gasteiger partial charge in [-0.1, -0.05) is 13.3 Å². The number of amides is 1. The van der Waals surface area contributed by atoms with Crippen molar-refractivity contribution in [2.45, 2.75) is 38.4 Å². The summed E-state index contributed by atoms with van der Waals surface area (Å²) in [6.45, 7) is 3.42. The highest BCUT2D eigenvalue weighted by molar-refractivity contribution is 5.85. The Balaban J connectivity index is 0.00000484. The summed E-state index contributed by atoms with van der Waals surface area (Å²) < 4.78 is 43.2. The molecule has 1 aromatic heterocycles. The maximum absolute atomic E-state index is 12.7. The van der Waals surface area contributed by atoms with Crippen LogP contribution in [-0.4, -0.2) is 29.6 Å². The molecule has 0 aromatic carbocycles. The Morgan fingerprint density at radius 3 is 2.65 bits per heavy atom. The lowest BCUT2D eigenvalue weighted by atomic mass is 9.97. The van der Waals surface area contributed by atoms with E-state index in [9.17, 15) is 18.0 Å². The first-order valence-electron chi connectivity index (χ1n) is 6.90. The average molecular weight is 356 g/mol. The summed E-state index contributed by atoms with van der Waals surface area (Å²) in [5.41, 5.74) is 3.88. The lowest BCUT2D eigenvalue weighted by Crippen LogP contribution is -2.52. The number of pyridine rings is 1. The Labute approximate surface area is 139 Å². The molecule has 1 atom stereocenters. The van der Waals surface area contributed by atoms with E-state index >= 15 is 0 Å². The average Bonchev–Trinajstić information content (AvgIpc) is 2.42. The monoisotopic (exact) mass is 355 g/mol. The number of nitrogens with two attached hydrogens (primary N) is 1. The highest BCUT2D eigenvalue weighted by atomic mass is 35.5. The standard InChI is InChI=1S/C14H20F3N3O2.ClH/c1-3-6-13(2,18)12(21)20-8-9-22-11-10(14(15,16)17)5-4-7-19-11;/h4-5,7H,3,6,8-9,18H2,1-2H3,(H,20,21);1H. The van der Waals surface area contributed by atoms with Gasteiger partial charge in [0.1, 0.15) is 12.2 Å². The number of alkyl halides is 3. The van der Waals surface area contributed by atoms with Gasteiger partial charge in [0, 0.05) is 6.20 Å². The fourth-order valence-corrected chi connectivity index (χ4v) is 1.87. The fraction of sp³-hybridized carbons (Fsp3) is 0.571. The molecule has 1 amide bonds. The highest BCUT2D eigenvalue weighted by Gasteiger charge is 2.35. The third-order valence-electron chi connectivity index (χ3n) is 2.99. The first kappa shape index (κ1) is 21.5. The van der Waals surface area contributed by atoms with Crippen molar-refractivity contribution in [3.63, 3.8) is 0 Å². The van der Waals surface area contributed by atoms with Crippen LogP contribution in [0.5, 0.6) is 5.88 Å². The van der Waals surface area contributed by atoms with Crippen LogP contribution in [0.1, 0.15) is 32.3 Å². The van der Waals surface area contributed by atoms with Gasteiger partial charge in [0.05, 0.1) is 12.1 Å². The molecule has 0 aliphatic heterocycles. The molecular formula is C14H21ClF3N3O2. The van der Waals surface area contributed by atoms with E-state index in [4.69, 9.17) is 10.5 Å². The van der Waals surface area contributed by atoms with Crippen LogP contribution in [0.15, 0.2) is 18.3 Å². The third-order valence-corrected chi connectivity index (χ3v) is 2.99. The maximum atomic E-state index is 12.7. The molecule has 9 heteroatoms. The summed E-state index contributed by atoms with van der Waals surface area (Å²) in [5.74, 6) is -0.872. The molecule has 0 aliphatic carbocycles. The number of hydrogen-bond acceptors (Lipinski definition) is 4. The predicted molar refractivity (Wildman–Crippen MR) is 82.5 cm³/mol. The molecule has 1 heterocycles. The number of ether oxygens (including phenoxy) is 1. The first-order chi connectivity index (χ1) is 10.2. The lowest BCUT2D eigenvalue weighted by Gasteiger charge is -2.22. The molecule has 23 heavy (non-hydrogen) atoms. The van der Waals surface area contributed by atoms with Gasteiger partial charge in [0.25, 0.3) is 0 Å². The van der Waals surface area contributed by atoms with Crippen LogP contribution >= 0.6 is 12.4 Å². The number of carbonyl (C=O) groups is 1. The van der Waals surface area contributed by atoms with E-state index in [1.54, 1.807) is 6.92 Å². The number of halogens is 4. The Hall–Kier alpha value is -1.54. The predicted octanol–water partition coefficient (Wildman–Crippen LogP) is 2.53. The van der Waals surface area contributed by atoms with Gasteiger partial charge < -0.3 is 15.8 Å². The van der Waals surface area contributed by atoms with Crippen LogP contribution in [-0.2, 0) is 11.0 Å². The van der Waals surface area contributed by atoms with E-state index < -0.39 is 23.2 Å². The molecule has 0 aliphatic rings. The van der Waals surface area contributed by atoms with E-state index in [1.807, 2.05) is 6.92 Å². The minimum Gasteiger partial charge on any atom is -0.475 e. The Morgan fingerprint density at radius 2 is 2.09 bits per heavy atom. The Kier molecular flexibility index (Phi) is 8.33. The number of nitrogens with zero attached hydrogens (tertiary/aromatic N) is 1. The third kappa shape index (κ3) is 6.62. The van der Waals surface area contributed by atoms with E-state index in [1.165, 1.54) is 12.3 Å². The molecule has 1 aromatic rings. The second-order valence-corrected chi connectivity index (χ2v) is 5.13. The molecule has 0 radical (unpaired) electrons. The van der Waals surface area contributed by atoms with E-state index in [-0.39, 0.29) is 31.5 Å². The van der Waals surface area contributed by atoms with Crippen LogP contribution in [0.3, 0.4) is 0 Å². The quantitative estimate of drug-likeness (QED) is 0.737. The zero-order valence-corrected chi connectivity index (χ0v) is 13.8. The van der Waals surface area contributed by atoms with Crippen molar-refractivity contribution in [3.8, 4) is 5.88 Å². The Bertz CT molecular complexity index is 510. The molecular weight excluding hydrogens is 335 g/mol. The van der Waals surface area contributed by atoms with Crippen LogP contribution in [0, 0.1) is 0 Å². The minimum atomic E-state index is -4.54. The number of carbonyl (C=O) groups excluding carboxylic acids is 1. The van der Waals surface area contributed by atoms with Gasteiger partial charge in [0.15, 0.2) is 0 Å². The SMILES string of the molecule is CCCC(C)(N)C(=O)NCCOc1ncccc1C(F)(F)F.Cl. The Morgan fingerprint density at radius 1 is 1.43 bits per heavy atom. The summed E-state index contributed by atoms with van der Waals surface area (Å²) >= 11 is 0. The number of aromatic nitrogens is 1. The zero-order chi connectivity index (χ0) is 16.8. The number of hydrogen-bond donors (Lipinski definition) is 2. The van der Waals surface area contributed by atoms with Crippen LogP contribution in [0.25, 0.3) is 0 Å². The molecule has 0 bridgehead atoms. The maximum Gasteiger partial charge on any atom is 0.421 e. The van der Waals surface area contributed by atoms with Crippen molar-refractivity contribution in [3.05, 3.63) is 23.9 Å². The normalized spacial score (nSPS) is 13.7. The van der Waals surface area contributed by atoms with E-state index in [0.717, 1.165) is 12.5 Å². The summed E-state index contributed by atoms with van der Waals surface area (Å²) in [6, 6.07) is 2.07. The molecule has 0 spiro atoms. The summed E-state index contributed by atoms with van der Waals surface area (Å²) in [5, 5.41) is 2.54. The van der Waals surface area contributed by atoms with E-state index in [0.29, 0.717) is 6.42 Å². The zero-order valence-electron chi connectivity index (χ0n) is 12.9. The van der Waals surface area contributed by atoms with Gasteiger partial charge in [-0.3, -0.25) is 4.79 Å². The summed E-state index contributed by atoms with van der Waals surface area (Å²) in [7, 11) is 0. The first-order valence-corrected chi connectivity index (χ1v) is 6.90. The molecule has 1 rings (SSSR count). The van der Waals surface area contributed by atoms with Gasteiger partial charge in [-0.05, 0) is 25.5 Å². The van der Waals surface area contributed by atoms with Gasteiger partial charge in [-0.15, -0.1) is 12.4 Å². The molecule has 0 fully saturated rings. The second-order valence-electron chi connectivity index (χ2n) is 5.13. The second kappa shape index (κ2) is 8.93. The van der Waals surface area contributed by atoms with Crippen molar-refractivity contribution in [1.82, 2.24) is 10.3 Å². The molecule has 5 nitrogen and oxygen atoms in total. The van der Waals surface area contributed by atoms with Gasteiger partial charge in [-0.2, -0.15) is 13.2 Å².